The first kappa shape index (κ1) is 22.2. The van der Waals surface area contributed by atoms with Gasteiger partial charge < -0.3 is 24.0 Å². The smallest absolute Gasteiger partial charge is 0.410 e. The maximum absolute atomic E-state index is 12.2. The van der Waals surface area contributed by atoms with Crippen LogP contribution < -0.4 is 9.64 Å². The molecular formula is C23H33N3O4. The number of nitriles is 1. The molecule has 0 aliphatic carbocycles. The molecule has 0 aromatic heterocycles. The summed E-state index contributed by atoms with van der Waals surface area (Å²) in [5.41, 5.74) is 0.610. The van der Waals surface area contributed by atoms with Crippen molar-refractivity contribution in [1.82, 2.24) is 4.90 Å². The SMILES string of the molecule is CO[C@@H]1C[C@H](CC#N)N(c2ccc(OC3CCN(C(=O)OC(C)(C)C)CC3)cc2)C1. The summed E-state index contributed by atoms with van der Waals surface area (Å²) in [5.74, 6) is 0.828. The van der Waals surface area contributed by atoms with Crippen molar-refractivity contribution in [3.63, 3.8) is 0 Å². The Morgan fingerprint density at radius 1 is 1.17 bits per heavy atom. The van der Waals surface area contributed by atoms with Crippen LogP contribution in [0.25, 0.3) is 0 Å². The Bertz CT molecular complexity index is 745. The van der Waals surface area contributed by atoms with E-state index >= 15 is 0 Å². The van der Waals surface area contributed by atoms with Crippen molar-refractivity contribution >= 4 is 11.8 Å². The monoisotopic (exact) mass is 415 g/mol. The number of rotatable bonds is 5. The second-order valence-corrected chi connectivity index (χ2v) is 9.04. The fourth-order valence-corrected chi connectivity index (χ4v) is 4.05. The predicted octanol–water partition coefficient (Wildman–Crippen LogP) is 3.97. The molecule has 30 heavy (non-hydrogen) atoms. The van der Waals surface area contributed by atoms with E-state index in [2.05, 4.69) is 11.0 Å². The number of nitrogens with zero attached hydrogens (tertiary/aromatic N) is 3. The highest BCUT2D eigenvalue weighted by Gasteiger charge is 2.32. The quantitative estimate of drug-likeness (QED) is 0.724. The van der Waals surface area contributed by atoms with Crippen molar-refractivity contribution in [3.05, 3.63) is 24.3 Å². The fraction of sp³-hybridized carbons (Fsp3) is 0.652. The highest BCUT2D eigenvalue weighted by molar-refractivity contribution is 5.68. The van der Waals surface area contributed by atoms with Crippen LogP contribution in [0.3, 0.4) is 0 Å². The summed E-state index contributed by atoms with van der Waals surface area (Å²) >= 11 is 0. The minimum atomic E-state index is -0.475. The molecule has 0 unspecified atom stereocenters. The number of piperidine rings is 1. The number of benzene rings is 1. The van der Waals surface area contributed by atoms with Gasteiger partial charge in [-0.25, -0.2) is 4.79 Å². The summed E-state index contributed by atoms with van der Waals surface area (Å²) in [6, 6.07) is 10.5. The van der Waals surface area contributed by atoms with Crippen LogP contribution in [0.4, 0.5) is 10.5 Å². The van der Waals surface area contributed by atoms with Crippen molar-refractivity contribution in [1.29, 1.82) is 5.26 Å². The van der Waals surface area contributed by atoms with Gasteiger partial charge in [0, 0.05) is 51.3 Å². The van der Waals surface area contributed by atoms with Crippen LogP contribution in [-0.4, -0.2) is 61.6 Å². The summed E-state index contributed by atoms with van der Waals surface area (Å²) < 4.78 is 17.1. The standard InChI is InChI=1S/C23H33N3O4/c1-23(2,3)30-22(27)25-13-10-20(11-14-25)29-19-7-5-17(6-8-19)26-16-21(28-4)15-18(26)9-12-24/h5-8,18,20-21H,9-11,13-16H2,1-4H3/t18-,21+/m0/s1. The molecule has 7 nitrogen and oxygen atoms in total. The van der Waals surface area contributed by atoms with E-state index in [-0.39, 0.29) is 24.3 Å². The number of carbonyl (C=O) groups is 1. The second-order valence-electron chi connectivity index (χ2n) is 9.04. The third-order valence-corrected chi connectivity index (χ3v) is 5.60. The summed E-state index contributed by atoms with van der Waals surface area (Å²) in [4.78, 5) is 16.2. The van der Waals surface area contributed by atoms with Crippen LogP contribution in [0.15, 0.2) is 24.3 Å². The molecule has 1 aromatic carbocycles. The Labute approximate surface area is 179 Å². The molecule has 2 heterocycles. The lowest BCUT2D eigenvalue weighted by Gasteiger charge is -2.33. The molecule has 164 valence electrons. The van der Waals surface area contributed by atoms with Crippen LogP contribution in [0.2, 0.25) is 0 Å². The molecule has 2 saturated heterocycles. The maximum atomic E-state index is 12.2. The molecule has 7 heteroatoms. The lowest BCUT2D eigenvalue weighted by molar-refractivity contribution is 0.0126. The van der Waals surface area contributed by atoms with Crippen LogP contribution in [0.5, 0.6) is 5.75 Å². The number of hydrogen-bond donors (Lipinski definition) is 0. The van der Waals surface area contributed by atoms with Gasteiger partial charge in [-0.05, 0) is 51.5 Å². The Balaban J connectivity index is 1.52. The molecule has 2 fully saturated rings. The van der Waals surface area contributed by atoms with Crippen LogP contribution >= 0.6 is 0 Å². The molecule has 0 saturated carbocycles. The third-order valence-electron chi connectivity index (χ3n) is 5.60. The topological polar surface area (TPSA) is 75.0 Å². The Morgan fingerprint density at radius 2 is 1.83 bits per heavy atom. The molecule has 1 aromatic rings. The van der Waals surface area contributed by atoms with Gasteiger partial charge in [-0.1, -0.05) is 0 Å². The van der Waals surface area contributed by atoms with Gasteiger partial charge in [-0.15, -0.1) is 0 Å². The van der Waals surface area contributed by atoms with Crippen LogP contribution in [0, 0.1) is 11.3 Å². The number of amides is 1. The number of ether oxygens (including phenoxy) is 3. The van der Waals surface area contributed by atoms with Crippen LogP contribution in [-0.2, 0) is 9.47 Å². The van der Waals surface area contributed by atoms with Gasteiger partial charge in [0.15, 0.2) is 0 Å². The Hall–Kier alpha value is -2.46. The minimum absolute atomic E-state index is 0.0885. The molecule has 0 N–H and O–H groups in total. The number of hydrogen-bond acceptors (Lipinski definition) is 6. The van der Waals surface area contributed by atoms with Gasteiger partial charge in [-0.3, -0.25) is 0 Å². The average Bonchev–Trinajstić information content (AvgIpc) is 3.11. The summed E-state index contributed by atoms with van der Waals surface area (Å²) in [5, 5.41) is 9.12. The summed E-state index contributed by atoms with van der Waals surface area (Å²) in [6.45, 7) is 7.71. The van der Waals surface area contributed by atoms with E-state index < -0.39 is 5.60 Å². The minimum Gasteiger partial charge on any atom is -0.490 e. The molecule has 1 amide bonds. The van der Waals surface area contributed by atoms with E-state index in [0.29, 0.717) is 19.5 Å². The zero-order valence-corrected chi connectivity index (χ0v) is 18.5. The lowest BCUT2D eigenvalue weighted by Crippen LogP contribution is -2.44. The third kappa shape index (κ3) is 5.79. The first-order valence-corrected chi connectivity index (χ1v) is 10.7. The van der Waals surface area contributed by atoms with Gasteiger partial charge in [0.2, 0.25) is 0 Å². The molecule has 3 rings (SSSR count). The van der Waals surface area contributed by atoms with E-state index in [1.165, 1.54) is 0 Å². The largest absolute Gasteiger partial charge is 0.490 e. The number of methoxy groups -OCH3 is 1. The van der Waals surface area contributed by atoms with Gasteiger partial charge in [0.05, 0.1) is 18.6 Å². The summed E-state index contributed by atoms with van der Waals surface area (Å²) in [6.07, 6.45) is 2.93. The number of likely N-dealkylation sites (tertiary alicyclic amines) is 1. The average molecular weight is 416 g/mol. The number of anilines is 1. The van der Waals surface area contributed by atoms with Crippen LogP contribution in [0.1, 0.15) is 46.5 Å². The zero-order valence-electron chi connectivity index (χ0n) is 18.5. The highest BCUT2D eigenvalue weighted by atomic mass is 16.6. The van der Waals surface area contributed by atoms with Gasteiger partial charge in [0.25, 0.3) is 0 Å². The first-order valence-electron chi connectivity index (χ1n) is 10.7. The van der Waals surface area contributed by atoms with E-state index in [1.54, 1.807) is 12.0 Å². The summed E-state index contributed by atoms with van der Waals surface area (Å²) in [7, 11) is 1.72. The fourth-order valence-electron chi connectivity index (χ4n) is 4.05. The van der Waals surface area contributed by atoms with Crippen molar-refractivity contribution in [2.45, 2.75) is 70.3 Å². The molecular weight excluding hydrogens is 382 g/mol. The molecule has 0 bridgehead atoms. The molecule has 2 aliphatic rings. The van der Waals surface area contributed by atoms with Gasteiger partial charge in [0.1, 0.15) is 17.5 Å². The first-order chi connectivity index (χ1) is 14.3. The van der Waals surface area contributed by atoms with Gasteiger partial charge >= 0.3 is 6.09 Å². The van der Waals surface area contributed by atoms with E-state index in [9.17, 15) is 4.79 Å². The van der Waals surface area contributed by atoms with E-state index in [1.807, 2.05) is 45.0 Å². The zero-order chi connectivity index (χ0) is 21.7. The Kier molecular flexibility index (Phi) is 7.09. The lowest BCUT2D eigenvalue weighted by atomic mass is 10.1. The molecule has 0 radical (unpaired) electrons. The van der Waals surface area contributed by atoms with Crippen molar-refractivity contribution in [3.8, 4) is 11.8 Å². The number of carbonyl (C=O) groups excluding carboxylic acids is 1. The normalized spacial score (nSPS) is 22.6. The molecule has 2 atom stereocenters. The van der Waals surface area contributed by atoms with E-state index in [0.717, 1.165) is 37.2 Å². The predicted molar refractivity (Wildman–Crippen MR) is 115 cm³/mol. The molecule has 2 aliphatic heterocycles. The van der Waals surface area contributed by atoms with Crippen molar-refractivity contribution in [2.75, 3.05) is 31.6 Å². The van der Waals surface area contributed by atoms with Crippen molar-refractivity contribution < 1.29 is 19.0 Å². The molecule has 0 spiro atoms. The van der Waals surface area contributed by atoms with Crippen molar-refractivity contribution in [2.24, 2.45) is 0 Å². The van der Waals surface area contributed by atoms with E-state index in [4.69, 9.17) is 19.5 Å². The highest BCUT2D eigenvalue weighted by Crippen LogP contribution is 2.30. The van der Waals surface area contributed by atoms with Gasteiger partial charge in [-0.2, -0.15) is 5.26 Å². The Morgan fingerprint density at radius 3 is 2.40 bits per heavy atom. The maximum Gasteiger partial charge on any atom is 0.410 e. The second kappa shape index (κ2) is 9.57.